The summed E-state index contributed by atoms with van der Waals surface area (Å²) in [6.07, 6.45) is 2.32. The molecule has 0 aliphatic heterocycles. The number of methoxy groups -OCH3 is 2. The minimum atomic E-state index is -0.400. The molecular weight excluding hydrogens is 464 g/mol. The Bertz CT molecular complexity index is 1060. The number of anilines is 2. The molecule has 4 N–H and O–H groups in total. The number of carbonyl (C=O) groups excluding carboxylic acids is 4. The standard InChI is InChI=1S/C26H32N4O6/c1-27-25(33)19-13-17(35-3)8-10-21(19)29-23(31)15-6-5-7-16(12-15)24(32)30-22-11-9-18(36-4)14-20(22)26(34)28-2/h8-11,13-16H,5-7,12H2,1-4H3,(H,27,33)(H,28,34)(H,29,31)(H,30,32). The molecule has 0 spiro atoms. The van der Waals surface area contributed by atoms with Crippen molar-refractivity contribution in [1.82, 2.24) is 10.6 Å². The Labute approximate surface area is 210 Å². The lowest BCUT2D eigenvalue weighted by Crippen LogP contribution is -2.34. The van der Waals surface area contributed by atoms with Gasteiger partial charge in [0.1, 0.15) is 11.5 Å². The SMILES string of the molecule is CNC(=O)c1cc(OC)ccc1NC(=O)C1CCCC(C(=O)Nc2ccc(OC)cc2C(=O)NC)C1. The van der Waals surface area contributed by atoms with Crippen LogP contribution in [0.15, 0.2) is 36.4 Å². The Morgan fingerprint density at radius 2 is 1.14 bits per heavy atom. The average Bonchev–Trinajstić information content (AvgIpc) is 2.92. The molecule has 10 heteroatoms. The van der Waals surface area contributed by atoms with Crippen LogP contribution in [0.1, 0.15) is 46.4 Å². The largest absolute Gasteiger partial charge is 0.497 e. The normalized spacial score (nSPS) is 16.9. The molecule has 192 valence electrons. The van der Waals surface area contributed by atoms with Crippen molar-refractivity contribution in [3.05, 3.63) is 47.5 Å². The number of ether oxygens (including phenoxy) is 2. The first-order valence-electron chi connectivity index (χ1n) is 11.7. The van der Waals surface area contributed by atoms with E-state index in [1.165, 1.54) is 28.3 Å². The van der Waals surface area contributed by atoms with E-state index in [9.17, 15) is 19.2 Å². The van der Waals surface area contributed by atoms with Gasteiger partial charge in [-0.15, -0.1) is 0 Å². The first-order chi connectivity index (χ1) is 17.3. The second-order valence-electron chi connectivity index (χ2n) is 8.52. The summed E-state index contributed by atoms with van der Waals surface area (Å²) in [5.41, 5.74) is 1.33. The fraction of sp³-hybridized carbons (Fsp3) is 0.385. The van der Waals surface area contributed by atoms with Gasteiger partial charge in [-0.1, -0.05) is 6.42 Å². The smallest absolute Gasteiger partial charge is 0.253 e. The number of rotatable bonds is 8. The van der Waals surface area contributed by atoms with Gasteiger partial charge in [0, 0.05) is 25.9 Å². The molecular formula is C26H32N4O6. The van der Waals surface area contributed by atoms with Gasteiger partial charge < -0.3 is 30.7 Å². The van der Waals surface area contributed by atoms with Gasteiger partial charge in [-0.2, -0.15) is 0 Å². The Balaban J connectivity index is 1.72. The molecule has 0 saturated heterocycles. The molecule has 0 bridgehead atoms. The van der Waals surface area contributed by atoms with Crippen LogP contribution in [0.2, 0.25) is 0 Å². The van der Waals surface area contributed by atoms with E-state index in [1.807, 2.05) is 0 Å². The van der Waals surface area contributed by atoms with Gasteiger partial charge in [0.25, 0.3) is 11.8 Å². The molecule has 4 amide bonds. The summed E-state index contributed by atoms with van der Waals surface area (Å²) >= 11 is 0. The highest BCUT2D eigenvalue weighted by molar-refractivity contribution is 6.06. The van der Waals surface area contributed by atoms with E-state index in [0.717, 1.165) is 0 Å². The first kappa shape index (κ1) is 26.5. The molecule has 2 aromatic rings. The van der Waals surface area contributed by atoms with Crippen molar-refractivity contribution in [3.8, 4) is 11.5 Å². The number of benzene rings is 2. The van der Waals surface area contributed by atoms with Crippen molar-refractivity contribution in [1.29, 1.82) is 0 Å². The third-order valence-corrected chi connectivity index (χ3v) is 6.33. The van der Waals surface area contributed by atoms with Crippen LogP contribution >= 0.6 is 0 Å². The fourth-order valence-corrected chi connectivity index (χ4v) is 4.30. The maximum atomic E-state index is 13.1. The molecule has 10 nitrogen and oxygen atoms in total. The predicted octanol–water partition coefficient (Wildman–Crippen LogP) is 2.81. The van der Waals surface area contributed by atoms with E-state index in [1.54, 1.807) is 36.4 Å². The van der Waals surface area contributed by atoms with Gasteiger partial charge >= 0.3 is 0 Å². The van der Waals surface area contributed by atoms with Crippen molar-refractivity contribution in [2.24, 2.45) is 11.8 Å². The van der Waals surface area contributed by atoms with Crippen LogP contribution < -0.4 is 30.7 Å². The quantitative estimate of drug-likeness (QED) is 0.444. The predicted molar refractivity (Wildman–Crippen MR) is 135 cm³/mol. The summed E-state index contributed by atoms with van der Waals surface area (Å²) < 4.78 is 10.4. The Morgan fingerprint density at radius 1 is 0.722 bits per heavy atom. The number of hydrogen-bond donors (Lipinski definition) is 4. The third kappa shape index (κ3) is 6.12. The molecule has 1 aliphatic rings. The topological polar surface area (TPSA) is 135 Å². The molecule has 2 aromatic carbocycles. The molecule has 2 atom stereocenters. The van der Waals surface area contributed by atoms with Crippen LogP contribution in [-0.2, 0) is 9.59 Å². The van der Waals surface area contributed by atoms with Gasteiger partial charge in [0.15, 0.2) is 0 Å². The zero-order valence-electron chi connectivity index (χ0n) is 20.9. The van der Waals surface area contributed by atoms with Crippen LogP contribution in [0.5, 0.6) is 11.5 Å². The van der Waals surface area contributed by atoms with Crippen molar-refractivity contribution >= 4 is 35.0 Å². The van der Waals surface area contributed by atoms with E-state index in [2.05, 4.69) is 21.3 Å². The zero-order valence-corrected chi connectivity index (χ0v) is 20.9. The van der Waals surface area contributed by atoms with Crippen molar-refractivity contribution in [2.75, 3.05) is 38.9 Å². The second kappa shape index (κ2) is 12.1. The first-order valence-corrected chi connectivity index (χ1v) is 11.7. The van der Waals surface area contributed by atoms with E-state index in [0.29, 0.717) is 48.6 Å². The molecule has 2 unspecified atom stereocenters. The second-order valence-corrected chi connectivity index (χ2v) is 8.52. The van der Waals surface area contributed by atoms with Gasteiger partial charge in [0.2, 0.25) is 11.8 Å². The summed E-state index contributed by atoms with van der Waals surface area (Å²) in [6, 6.07) is 9.70. The summed E-state index contributed by atoms with van der Waals surface area (Å²) in [5.74, 6) is -1.01. The molecule has 0 aromatic heterocycles. The Hall–Kier alpha value is -4.08. The minimum absolute atomic E-state index is 0.252. The lowest BCUT2D eigenvalue weighted by Gasteiger charge is -2.28. The zero-order chi connectivity index (χ0) is 26.2. The lowest BCUT2D eigenvalue weighted by atomic mass is 9.80. The number of hydrogen-bond acceptors (Lipinski definition) is 6. The van der Waals surface area contributed by atoms with Gasteiger partial charge in [0.05, 0.1) is 36.7 Å². The average molecular weight is 497 g/mol. The van der Waals surface area contributed by atoms with Gasteiger partial charge in [-0.25, -0.2) is 0 Å². The van der Waals surface area contributed by atoms with Gasteiger partial charge in [-0.3, -0.25) is 19.2 Å². The highest BCUT2D eigenvalue weighted by atomic mass is 16.5. The van der Waals surface area contributed by atoms with E-state index in [-0.39, 0.29) is 34.8 Å². The molecule has 1 saturated carbocycles. The summed E-state index contributed by atoms with van der Waals surface area (Å²) in [7, 11) is 6.02. The van der Waals surface area contributed by atoms with E-state index >= 15 is 0 Å². The van der Waals surface area contributed by atoms with Crippen LogP contribution in [0.25, 0.3) is 0 Å². The van der Waals surface area contributed by atoms with Crippen molar-refractivity contribution in [2.45, 2.75) is 25.7 Å². The summed E-state index contributed by atoms with van der Waals surface area (Å²) in [5, 5.41) is 10.8. The number of nitrogens with one attached hydrogen (secondary N) is 4. The molecule has 1 fully saturated rings. The minimum Gasteiger partial charge on any atom is -0.497 e. The third-order valence-electron chi connectivity index (χ3n) is 6.33. The van der Waals surface area contributed by atoms with E-state index in [4.69, 9.17) is 9.47 Å². The number of amides is 4. The number of carbonyl (C=O) groups is 4. The lowest BCUT2D eigenvalue weighted by molar-refractivity contribution is -0.124. The molecule has 1 aliphatic carbocycles. The summed E-state index contributed by atoms with van der Waals surface area (Å²) in [6.45, 7) is 0. The van der Waals surface area contributed by atoms with Gasteiger partial charge in [-0.05, 0) is 55.7 Å². The van der Waals surface area contributed by atoms with Crippen molar-refractivity contribution in [3.63, 3.8) is 0 Å². The van der Waals surface area contributed by atoms with Crippen LogP contribution in [0.4, 0.5) is 11.4 Å². The van der Waals surface area contributed by atoms with Crippen molar-refractivity contribution < 1.29 is 28.7 Å². The monoisotopic (exact) mass is 496 g/mol. The Morgan fingerprint density at radius 3 is 1.50 bits per heavy atom. The maximum absolute atomic E-state index is 13.1. The van der Waals surface area contributed by atoms with E-state index < -0.39 is 11.8 Å². The molecule has 36 heavy (non-hydrogen) atoms. The fourth-order valence-electron chi connectivity index (χ4n) is 4.30. The Kier molecular flexibility index (Phi) is 8.88. The van der Waals surface area contributed by atoms with Crippen LogP contribution in [0, 0.1) is 11.8 Å². The molecule has 3 rings (SSSR count). The highest BCUT2D eigenvalue weighted by Gasteiger charge is 2.32. The van der Waals surface area contributed by atoms with Crippen LogP contribution in [0.3, 0.4) is 0 Å². The highest BCUT2D eigenvalue weighted by Crippen LogP contribution is 2.32. The molecule has 0 radical (unpaired) electrons. The van der Waals surface area contributed by atoms with Crippen LogP contribution in [-0.4, -0.2) is 51.9 Å². The molecule has 0 heterocycles. The maximum Gasteiger partial charge on any atom is 0.253 e. The summed E-state index contributed by atoms with van der Waals surface area (Å²) in [4.78, 5) is 50.8.